The molecule has 1 aliphatic heterocycles. The van der Waals surface area contributed by atoms with E-state index >= 15 is 0 Å². The fourth-order valence-corrected chi connectivity index (χ4v) is 3.73. The van der Waals surface area contributed by atoms with Gasteiger partial charge >= 0.3 is 11.9 Å². The third kappa shape index (κ3) is 3.22. The smallest absolute Gasteiger partial charge is 0.339 e. The SMILES string of the molecule is CC(C)OC(=O)C1OC2(CC3C=CC2CC3)OC1C(=O)OC(C)C. The second-order valence-corrected chi connectivity index (χ2v) is 7.39. The van der Waals surface area contributed by atoms with E-state index in [1.165, 1.54) is 0 Å². The number of esters is 2. The molecule has 3 aliphatic carbocycles. The van der Waals surface area contributed by atoms with Crippen LogP contribution in [-0.4, -0.2) is 42.1 Å². The summed E-state index contributed by atoms with van der Waals surface area (Å²) in [5, 5.41) is 0. The zero-order valence-electron chi connectivity index (χ0n) is 14.7. The lowest BCUT2D eigenvalue weighted by Crippen LogP contribution is -2.47. The van der Waals surface area contributed by atoms with Gasteiger partial charge in [0, 0.05) is 12.3 Å². The highest BCUT2D eigenvalue weighted by Gasteiger charge is 2.60. The maximum atomic E-state index is 12.4. The first-order valence-electron chi connectivity index (χ1n) is 8.75. The molecular formula is C18H26O6. The molecule has 24 heavy (non-hydrogen) atoms. The van der Waals surface area contributed by atoms with Crippen molar-refractivity contribution in [2.45, 2.75) is 77.2 Å². The van der Waals surface area contributed by atoms with Gasteiger partial charge < -0.3 is 18.9 Å². The van der Waals surface area contributed by atoms with E-state index < -0.39 is 29.9 Å². The van der Waals surface area contributed by atoms with Crippen LogP contribution in [0.5, 0.6) is 0 Å². The van der Waals surface area contributed by atoms with Crippen LogP contribution in [0.4, 0.5) is 0 Å². The normalized spacial score (nSPS) is 37.4. The maximum absolute atomic E-state index is 12.4. The van der Waals surface area contributed by atoms with Crippen molar-refractivity contribution in [3.05, 3.63) is 12.2 Å². The quantitative estimate of drug-likeness (QED) is 0.579. The first-order chi connectivity index (χ1) is 11.3. The molecule has 1 saturated carbocycles. The van der Waals surface area contributed by atoms with E-state index in [2.05, 4.69) is 12.2 Å². The zero-order valence-corrected chi connectivity index (χ0v) is 14.7. The molecule has 6 heteroatoms. The number of fused-ring (bicyclic) bond motifs is 1. The fourth-order valence-electron chi connectivity index (χ4n) is 3.73. The van der Waals surface area contributed by atoms with E-state index in [1.807, 2.05) is 0 Å². The predicted molar refractivity (Wildman–Crippen MR) is 84.9 cm³/mol. The summed E-state index contributed by atoms with van der Waals surface area (Å²) in [4.78, 5) is 24.9. The van der Waals surface area contributed by atoms with Crippen molar-refractivity contribution in [3.8, 4) is 0 Å². The largest absolute Gasteiger partial charge is 0.461 e. The Morgan fingerprint density at radius 3 is 1.83 bits per heavy atom. The molecule has 134 valence electrons. The van der Waals surface area contributed by atoms with Crippen molar-refractivity contribution < 1.29 is 28.5 Å². The number of hydrogen-bond acceptors (Lipinski definition) is 6. The number of allylic oxidation sites excluding steroid dienone is 1. The molecular weight excluding hydrogens is 312 g/mol. The molecule has 4 atom stereocenters. The average molecular weight is 338 g/mol. The van der Waals surface area contributed by atoms with Gasteiger partial charge in [0.1, 0.15) is 0 Å². The van der Waals surface area contributed by atoms with Crippen LogP contribution in [0.25, 0.3) is 0 Å². The highest BCUT2D eigenvalue weighted by atomic mass is 16.8. The van der Waals surface area contributed by atoms with Crippen LogP contribution in [-0.2, 0) is 28.5 Å². The summed E-state index contributed by atoms with van der Waals surface area (Å²) in [5.74, 6) is -1.65. The molecule has 0 aromatic heterocycles. The number of carbonyl (C=O) groups is 2. The fraction of sp³-hybridized carbons (Fsp3) is 0.778. The van der Waals surface area contributed by atoms with Crippen molar-refractivity contribution in [2.75, 3.05) is 0 Å². The van der Waals surface area contributed by atoms with Crippen LogP contribution < -0.4 is 0 Å². The average Bonchev–Trinajstić information content (AvgIpc) is 2.87. The van der Waals surface area contributed by atoms with E-state index in [0.717, 1.165) is 12.8 Å². The minimum atomic E-state index is -1.08. The summed E-state index contributed by atoms with van der Waals surface area (Å²) < 4.78 is 22.6. The van der Waals surface area contributed by atoms with Crippen LogP contribution in [0.3, 0.4) is 0 Å². The van der Waals surface area contributed by atoms with E-state index in [1.54, 1.807) is 27.7 Å². The van der Waals surface area contributed by atoms with E-state index in [0.29, 0.717) is 12.3 Å². The molecule has 2 bridgehead atoms. The topological polar surface area (TPSA) is 71.1 Å². The van der Waals surface area contributed by atoms with E-state index in [-0.39, 0.29) is 18.1 Å². The lowest BCUT2D eigenvalue weighted by Gasteiger charge is -2.44. The summed E-state index contributed by atoms with van der Waals surface area (Å²) in [6, 6.07) is 0. The van der Waals surface area contributed by atoms with Crippen LogP contribution in [0.2, 0.25) is 0 Å². The van der Waals surface area contributed by atoms with E-state index in [4.69, 9.17) is 18.9 Å². The second-order valence-electron chi connectivity index (χ2n) is 7.39. The van der Waals surface area contributed by atoms with Crippen molar-refractivity contribution in [3.63, 3.8) is 0 Å². The predicted octanol–water partition coefficient (Wildman–Crippen LogP) is 2.36. The molecule has 0 aromatic rings. The van der Waals surface area contributed by atoms with Gasteiger partial charge in [-0.3, -0.25) is 0 Å². The van der Waals surface area contributed by atoms with Gasteiger partial charge in [-0.2, -0.15) is 0 Å². The first-order valence-corrected chi connectivity index (χ1v) is 8.75. The Labute approximate surface area is 142 Å². The Hall–Kier alpha value is -1.40. The maximum Gasteiger partial charge on any atom is 0.339 e. The Bertz CT molecular complexity index is 508. The van der Waals surface area contributed by atoms with Crippen LogP contribution in [0.1, 0.15) is 47.0 Å². The van der Waals surface area contributed by atoms with Gasteiger partial charge in [-0.25, -0.2) is 9.59 Å². The molecule has 1 saturated heterocycles. The minimum Gasteiger partial charge on any atom is -0.461 e. The molecule has 1 heterocycles. The molecule has 0 amide bonds. The minimum absolute atomic E-state index is 0.0497. The van der Waals surface area contributed by atoms with Gasteiger partial charge in [-0.15, -0.1) is 0 Å². The Morgan fingerprint density at radius 2 is 1.50 bits per heavy atom. The molecule has 4 aliphatic rings. The van der Waals surface area contributed by atoms with Gasteiger partial charge in [-0.05, 0) is 46.5 Å². The monoisotopic (exact) mass is 338 g/mol. The third-order valence-corrected chi connectivity index (χ3v) is 4.67. The molecule has 0 aromatic carbocycles. The van der Waals surface area contributed by atoms with Gasteiger partial charge in [0.25, 0.3) is 0 Å². The first kappa shape index (κ1) is 17.4. The molecule has 0 radical (unpaired) electrons. The van der Waals surface area contributed by atoms with Crippen LogP contribution >= 0.6 is 0 Å². The Kier molecular flexibility index (Phi) is 4.71. The molecule has 4 unspecified atom stereocenters. The number of ether oxygens (including phenoxy) is 4. The third-order valence-electron chi connectivity index (χ3n) is 4.67. The van der Waals surface area contributed by atoms with Crippen molar-refractivity contribution >= 4 is 11.9 Å². The summed E-state index contributed by atoms with van der Waals surface area (Å²) >= 11 is 0. The van der Waals surface area contributed by atoms with Gasteiger partial charge in [0.2, 0.25) is 0 Å². The van der Waals surface area contributed by atoms with E-state index in [9.17, 15) is 9.59 Å². The van der Waals surface area contributed by atoms with Crippen LogP contribution in [0.15, 0.2) is 12.2 Å². The molecule has 1 spiro atoms. The van der Waals surface area contributed by atoms with Gasteiger partial charge in [-0.1, -0.05) is 12.2 Å². The van der Waals surface area contributed by atoms with Crippen molar-refractivity contribution in [2.24, 2.45) is 11.8 Å². The second kappa shape index (κ2) is 6.48. The summed E-state index contributed by atoms with van der Waals surface area (Å²) in [5.41, 5.74) is 0. The molecule has 6 nitrogen and oxygen atoms in total. The van der Waals surface area contributed by atoms with Crippen molar-refractivity contribution in [1.29, 1.82) is 0 Å². The van der Waals surface area contributed by atoms with Gasteiger partial charge in [0.05, 0.1) is 12.2 Å². The highest BCUT2D eigenvalue weighted by molar-refractivity contribution is 5.86. The Morgan fingerprint density at radius 1 is 0.958 bits per heavy atom. The zero-order chi connectivity index (χ0) is 17.5. The lowest BCUT2D eigenvalue weighted by atomic mass is 9.72. The summed E-state index contributed by atoms with van der Waals surface area (Å²) in [6.07, 6.45) is 4.19. The molecule has 4 rings (SSSR count). The number of hydrogen-bond donors (Lipinski definition) is 0. The number of rotatable bonds is 4. The highest BCUT2D eigenvalue weighted by Crippen LogP contribution is 2.50. The van der Waals surface area contributed by atoms with Crippen molar-refractivity contribution in [1.82, 2.24) is 0 Å². The molecule has 2 fully saturated rings. The van der Waals surface area contributed by atoms with Gasteiger partial charge in [0.15, 0.2) is 18.0 Å². The lowest BCUT2D eigenvalue weighted by molar-refractivity contribution is -0.231. The Balaban J connectivity index is 1.83. The summed E-state index contributed by atoms with van der Waals surface area (Å²) in [6.45, 7) is 7.04. The summed E-state index contributed by atoms with van der Waals surface area (Å²) in [7, 11) is 0. The standard InChI is InChI=1S/C18H26O6/c1-10(2)21-16(19)14-15(17(20)22-11(3)4)24-18(23-14)9-12-5-7-13(18)8-6-12/h5,7,10-15H,6,8-9H2,1-4H3. The van der Waals surface area contributed by atoms with Crippen LogP contribution in [0, 0.1) is 11.8 Å². The number of carbonyl (C=O) groups excluding carboxylic acids is 2. The molecule has 0 N–H and O–H groups in total.